The molecule has 0 aromatic rings. The Balaban J connectivity index is 3.41. The second-order valence-corrected chi connectivity index (χ2v) is 4.10. The number of hydrogen-bond donors (Lipinski definition) is 1. The molecule has 1 N–H and O–H groups in total. The zero-order valence-corrected chi connectivity index (χ0v) is 9.95. The molecule has 2 nitrogen and oxygen atoms in total. The van der Waals surface area contributed by atoms with Gasteiger partial charge in [-0.2, -0.15) is 11.8 Å². The Bertz CT molecular complexity index is 101. The molecule has 0 amide bonds. The average molecular weight is 205 g/mol. The highest BCUT2D eigenvalue weighted by atomic mass is 32.2. The molecule has 80 valence electrons. The first-order chi connectivity index (χ1) is 6.35. The lowest BCUT2D eigenvalue weighted by atomic mass is 10.2. The molecule has 0 bridgehead atoms. The first kappa shape index (κ1) is 13.3. The summed E-state index contributed by atoms with van der Waals surface area (Å²) in [7, 11) is 0. The number of ether oxygens (including phenoxy) is 1. The van der Waals surface area contributed by atoms with Crippen LogP contribution in [0.1, 0.15) is 26.7 Å². The maximum Gasteiger partial charge on any atom is 0.0619 e. The molecule has 0 saturated carbocycles. The summed E-state index contributed by atoms with van der Waals surface area (Å²) in [5.74, 6) is 1.22. The third kappa shape index (κ3) is 8.60. The van der Waals surface area contributed by atoms with Crippen LogP contribution in [0.4, 0.5) is 0 Å². The average Bonchev–Trinajstić information content (AvgIpc) is 2.14. The van der Waals surface area contributed by atoms with Gasteiger partial charge in [0, 0.05) is 12.6 Å². The lowest BCUT2D eigenvalue weighted by molar-refractivity contribution is 0.111. The molecule has 1 unspecified atom stereocenters. The minimum atomic E-state index is 0.545. The van der Waals surface area contributed by atoms with Crippen LogP contribution in [-0.4, -0.2) is 37.8 Å². The molecule has 13 heavy (non-hydrogen) atoms. The Morgan fingerprint density at radius 2 is 2.15 bits per heavy atom. The van der Waals surface area contributed by atoms with E-state index in [2.05, 4.69) is 25.4 Å². The van der Waals surface area contributed by atoms with E-state index >= 15 is 0 Å². The zero-order valence-electron chi connectivity index (χ0n) is 9.14. The van der Waals surface area contributed by atoms with Gasteiger partial charge in [0.1, 0.15) is 0 Å². The van der Waals surface area contributed by atoms with Gasteiger partial charge in [0.15, 0.2) is 0 Å². The van der Waals surface area contributed by atoms with Crippen LogP contribution in [0, 0.1) is 0 Å². The molecule has 0 spiro atoms. The molecule has 0 rings (SSSR count). The summed E-state index contributed by atoms with van der Waals surface area (Å²) < 4.78 is 5.52. The quantitative estimate of drug-likeness (QED) is 0.583. The van der Waals surface area contributed by atoms with E-state index in [1.54, 1.807) is 0 Å². The largest absolute Gasteiger partial charge is 0.380 e. The van der Waals surface area contributed by atoms with E-state index in [4.69, 9.17) is 4.74 Å². The number of thioether (sulfide) groups is 1. The number of likely N-dealkylation sites (N-methyl/N-ethyl adjacent to an activating group) is 1. The van der Waals surface area contributed by atoms with Crippen LogP contribution in [0.3, 0.4) is 0 Å². The molecular weight excluding hydrogens is 182 g/mol. The molecule has 0 aliphatic rings. The second kappa shape index (κ2) is 10.4. The Morgan fingerprint density at radius 3 is 2.69 bits per heavy atom. The van der Waals surface area contributed by atoms with Crippen molar-refractivity contribution >= 4 is 11.8 Å². The fourth-order valence-electron chi connectivity index (χ4n) is 1.16. The summed E-state index contributed by atoms with van der Waals surface area (Å²) in [5.41, 5.74) is 0. The van der Waals surface area contributed by atoms with E-state index in [9.17, 15) is 0 Å². The molecule has 1 atom stereocenters. The van der Waals surface area contributed by atoms with Crippen LogP contribution in [0.25, 0.3) is 0 Å². The first-order valence-electron chi connectivity index (χ1n) is 5.15. The van der Waals surface area contributed by atoms with E-state index in [1.165, 1.54) is 12.2 Å². The maximum atomic E-state index is 5.52. The van der Waals surface area contributed by atoms with E-state index in [-0.39, 0.29) is 0 Å². The predicted octanol–water partition coefficient (Wildman–Crippen LogP) is 2.14. The summed E-state index contributed by atoms with van der Waals surface area (Å²) in [6.45, 7) is 7.08. The number of rotatable bonds is 9. The molecule has 0 heterocycles. The molecule has 0 fully saturated rings. The summed E-state index contributed by atoms with van der Waals surface area (Å²) >= 11 is 1.90. The van der Waals surface area contributed by atoms with E-state index in [0.29, 0.717) is 6.04 Å². The SMILES string of the molecule is CCCOCC(CCSC)NCC. The lowest BCUT2D eigenvalue weighted by Gasteiger charge is -2.17. The van der Waals surface area contributed by atoms with Gasteiger partial charge in [0.05, 0.1) is 6.61 Å². The Morgan fingerprint density at radius 1 is 1.38 bits per heavy atom. The van der Waals surface area contributed by atoms with Crippen molar-refractivity contribution in [3.8, 4) is 0 Å². The van der Waals surface area contributed by atoms with E-state index < -0.39 is 0 Å². The lowest BCUT2D eigenvalue weighted by Crippen LogP contribution is -2.34. The van der Waals surface area contributed by atoms with E-state index in [0.717, 1.165) is 26.2 Å². The van der Waals surface area contributed by atoms with Gasteiger partial charge in [0.25, 0.3) is 0 Å². The van der Waals surface area contributed by atoms with Crippen molar-refractivity contribution in [3.05, 3.63) is 0 Å². The van der Waals surface area contributed by atoms with Crippen molar-refractivity contribution in [3.63, 3.8) is 0 Å². The van der Waals surface area contributed by atoms with E-state index in [1.807, 2.05) is 11.8 Å². The molecular formula is C10H23NOS. The predicted molar refractivity (Wildman–Crippen MR) is 61.6 cm³/mol. The van der Waals surface area contributed by atoms with Crippen LogP contribution in [0.15, 0.2) is 0 Å². The van der Waals surface area contributed by atoms with Crippen LogP contribution in [-0.2, 0) is 4.74 Å². The van der Waals surface area contributed by atoms with Gasteiger partial charge in [-0.1, -0.05) is 13.8 Å². The highest BCUT2D eigenvalue weighted by Gasteiger charge is 2.05. The minimum Gasteiger partial charge on any atom is -0.380 e. The third-order valence-corrected chi connectivity index (χ3v) is 2.47. The molecule has 0 aromatic carbocycles. The molecule has 0 aliphatic carbocycles. The molecule has 0 aromatic heterocycles. The third-order valence-electron chi connectivity index (χ3n) is 1.83. The monoisotopic (exact) mass is 205 g/mol. The molecule has 0 saturated heterocycles. The minimum absolute atomic E-state index is 0.545. The van der Waals surface area contributed by atoms with Crippen molar-refractivity contribution in [2.75, 3.05) is 31.8 Å². The van der Waals surface area contributed by atoms with Gasteiger partial charge in [-0.05, 0) is 31.4 Å². The molecule has 0 aliphatic heterocycles. The van der Waals surface area contributed by atoms with Gasteiger partial charge in [-0.15, -0.1) is 0 Å². The molecule has 3 heteroatoms. The number of hydrogen-bond acceptors (Lipinski definition) is 3. The van der Waals surface area contributed by atoms with Crippen molar-refractivity contribution in [1.82, 2.24) is 5.32 Å². The standard InChI is InChI=1S/C10H23NOS/c1-4-7-12-9-10(11-5-2)6-8-13-3/h10-11H,4-9H2,1-3H3. The fourth-order valence-corrected chi connectivity index (χ4v) is 1.68. The molecule has 0 radical (unpaired) electrons. The fraction of sp³-hybridized carbons (Fsp3) is 1.00. The second-order valence-electron chi connectivity index (χ2n) is 3.11. The smallest absolute Gasteiger partial charge is 0.0619 e. The Labute approximate surface area is 86.8 Å². The maximum absolute atomic E-state index is 5.52. The van der Waals surface area contributed by atoms with Crippen LogP contribution in [0.5, 0.6) is 0 Å². The first-order valence-corrected chi connectivity index (χ1v) is 6.54. The summed E-state index contributed by atoms with van der Waals surface area (Å²) in [6.07, 6.45) is 4.47. The van der Waals surface area contributed by atoms with Crippen molar-refractivity contribution in [1.29, 1.82) is 0 Å². The van der Waals surface area contributed by atoms with Crippen LogP contribution >= 0.6 is 11.8 Å². The normalized spacial score (nSPS) is 13.2. The van der Waals surface area contributed by atoms with Crippen LogP contribution in [0.2, 0.25) is 0 Å². The van der Waals surface area contributed by atoms with Gasteiger partial charge >= 0.3 is 0 Å². The summed E-state index contributed by atoms with van der Waals surface area (Å²) in [4.78, 5) is 0. The topological polar surface area (TPSA) is 21.3 Å². The van der Waals surface area contributed by atoms with Crippen molar-refractivity contribution in [2.45, 2.75) is 32.7 Å². The Kier molecular flexibility index (Phi) is 10.6. The Hall–Kier alpha value is 0.270. The van der Waals surface area contributed by atoms with Crippen molar-refractivity contribution in [2.24, 2.45) is 0 Å². The van der Waals surface area contributed by atoms with Gasteiger partial charge in [-0.3, -0.25) is 0 Å². The summed E-state index contributed by atoms with van der Waals surface area (Å²) in [5, 5.41) is 3.44. The van der Waals surface area contributed by atoms with Crippen LogP contribution < -0.4 is 5.32 Å². The van der Waals surface area contributed by atoms with Crippen molar-refractivity contribution < 1.29 is 4.74 Å². The number of nitrogens with one attached hydrogen (secondary N) is 1. The van der Waals surface area contributed by atoms with Gasteiger partial charge in [0.2, 0.25) is 0 Å². The summed E-state index contributed by atoms with van der Waals surface area (Å²) in [6, 6.07) is 0.545. The van der Waals surface area contributed by atoms with Gasteiger partial charge < -0.3 is 10.1 Å². The highest BCUT2D eigenvalue weighted by molar-refractivity contribution is 7.98. The van der Waals surface area contributed by atoms with Gasteiger partial charge in [-0.25, -0.2) is 0 Å². The zero-order chi connectivity index (χ0) is 9.94. The highest BCUT2D eigenvalue weighted by Crippen LogP contribution is 2.01.